The van der Waals surface area contributed by atoms with E-state index in [1.807, 2.05) is 11.3 Å². The molecule has 4 rings (SSSR count). The molecule has 0 atom stereocenters. The molecule has 0 N–H and O–H groups in total. The number of hydrogen-bond acceptors (Lipinski definition) is 3. The summed E-state index contributed by atoms with van der Waals surface area (Å²) in [5, 5.41) is 2.15. The van der Waals surface area contributed by atoms with Gasteiger partial charge in [-0.3, -0.25) is 9.69 Å². The molecule has 4 heteroatoms. The number of hydrogen-bond donors (Lipinski definition) is 0. The van der Waals surface area contributed by atoms with Crippen molar-refractivity contribution in [3.63, 3.8) is 0 Å². The average Bonchev–Trinajstić information content (AvgIpc) is 3.10. The Morgan fingerprint density at radius 3 is 2.67 bits per heavy atom. The lowest BCUT2D eigenvalue weighted by Gasteiger charge is -2.35. The summed E-state index contributed by atoms with van der Waals surface area (Å²) in [6.45, 7) is 4.79. The standard InChI is InChI=1S/C20H24N2OS/c23-20(22-12-8-19-18(15-22)9-13-24-19)17-6-10-21(11-7-17)14-16-4-2-1-3-5-16/h1-5,9,13,17H,6-8,10-12,14-15H2. The predicted octanol–water partition coefficient (Wildman–Crippen LogP) is 3.55. The molecule has 126 valence electrons. The van der Waals surface area contributed by atoms with Gasteiger partial charge in [-0.05, 0) is 54.9 Å². The highest BCUT2D eigenvalue weighted by Gasteiger charge is 2.30. The molecule has 0 bridgehead atoms. The third-order valence-electron chi connectivity index (χ3n) is 5.31. The van der Waals surface area contributed by atoms with Gasteiger partial charge in [0.15, 0.2) is 0 Å². The highest BCUT2D eigenvalue weighted by Crippen LogP contribution is 2.27. The first-order chi connectivity index (χ1) is 11.8. The molecule has 3 nitrogen and oxygen atoms in total. The minimum atomic E-state index is 0.220. The zero-order valence-electron chi connectivity index (χ0n) is 14.0. The Morgan fingerprint density at radius 1 is 1.08 bits per heavy atom. The van der Waals surface area contributed by atoms with Crippen LogP contribution in [0.4, 0.5) is 0 Å². The SMILES string of the molecule is O=C(C1CCN(Cc2ccccc2)CC1)N1CCc2sccc2C1. The molecule has 2 aliphatic heterocycles. The highest BCUT2D eigenvalue weighted by molar-refractivity contribution is 7.10. The van der Waals surface area contributed by atoms with E-state index in [9.17, 15) is 4.79 Å². The second kappa shape index (κ2) is 7.08. The Morgan fingerprint density at radius 2 is 1.88 bits per heavy atom. The molecule has 1 fully saturated rings. The lowest BCUT2D eigenvalue weighted by atomic mass is 9.94. The molecule has 0 aliphatic carbocycles. The number of benzene rings is 1. The molecular weight excluding hydrogens is 316 g/mol. The Labute approximate surface area is 147 Å². The first-order valence-electron chi connectivity index (χ1n) is 8.90. The summed E-state index contributed by atoms with van der Waals surface area (Å²) in [6, 6.07) is 12.8. The van der Waals surface area contributed by atoms with Crippen LogP contribution in [0.1, 0.15) is 28.8 Å². The van der Waals surface area contributed by atoms with Gasteiger partial charge in [-0.1, -0.05) is 30.3 Å². The van der Waals surface area contributed by atoms with E-state index in [1.165, 1.54) is 16.0 Å². The lowest BCUT2D eigenvalue weighted by molar-refractivity contribution is -0.138. The summed E-state index contributed by atoms with van der Waals surface area (Å²) in [5.41, 5.74) is 2.73. The number of amides is 1. The van der Waals surface area contributed by atoms with E-state index in [0.29, 0.717) is 5.91 Å². The maximum Gasteiger partial charge on any atom is 0.226 e. The Kier molecular flexibility index (Phi) is 4.67. The second-order valence-corrected chi connectivity index (χ2v) is 7.92. The van der Waals surface area contributed by atoms with Crippen LogP contribution in [0.2, 0.25) is 0 Å². The molecule has 0 saturated carbocycles. The van der Waals surface area contributed by atoms with Crippen LogP contribution in [0.15, 0.2) is 41.8 Å². The van der Waals surface area contributed by atoms with Gasteiger partial charge in [-0.2, -0.15) is 0 Å². The number of nitrogens with zero attached hydrogens (tertiary/aromatic N) is 2. The Bertz CT molecular complexity index is 689. The van der Waals surface area contributed by atoms with Crippen molar-refractivity contribution < 1.29 is 4.79 Å². The van der Waals surface area contributed by atoms with Gasteiger partial charge in [-0.25, -0.2) is 0 Å². The van der Waals surface area contributed by atoms with Crippen molar-refractivity contribution in [2.75, 3.05) is 19.6 Å². The van der Waals surface area contributed by atoms with E-state index >= 15 is 0 Å². The van der Waals surface area contributed by atoms with E-state index in [1.54, 1.807) is 0 Å². The molecule has 1 saturated heterocycles. The first-order valence-corrected chi connectivity index (χ1v) is 9.78. The zero-order chi connectivity index (χ0) is 16.4. The largest absolute Gasteiger partial charge is 0.338 e. The molecule has 0 radical (unpaired) electrons. The fourth-order valence-corrected chi connectivity index (χ4v) is 4.76. The molecule has 2 aliphatic rings. The van der Waals surface area contributed by atoms with Crippen LogP contribution in [0.5, 0.6) is 0 Å². The van der Waals surface area contributed by atoms with E-state index in [0.717, 1.165) is 52.0 Å². The van der Waals surface area contributed by atoms with Gasteiger partial charge in [0, 0.05) is 30.4 Å². The van der Waals surface area contributed by atoms with Crippen LogP contribution < -0.4 is 0 Å². The molecule has 24 heavy (non-hydrogen) atoms. The van der Waals surface area contributed by atoms with Crippen LogP contribution >= 0.6 is 11.3 Å². The molecule has 3 heterocycles. The predicted molar refractivity (Wildman–Crippen MR) is 97.9 cm³/mol. The number of fused-ring (bicyclic) bond motifs is 1. The quantitative estimate of drug-likeness (QED) is 0.853. The summed E-state index contributed by atoms with van der Waals surface area (Å²) < 4.78 is 0. The third kappa shape index (κ3) is 3.40. The number of likely N-dealkylation sites (tertiary alicyclic amines) is 1. The Hall–Kier alpha value is -1.65. The van der Waals surface area contributed by atoms with Gasteiger partial charge in [0.05, 0.1) is 0 Å². The van der Waals surface area contributed by atoms with Crippen LogP contribution in [0.25, 0.3) is 0 Å². The molecule has 1 amide bonds. The second-order valence-electron chi connectivity index (χ2n) is 6.91. The van der Waals surface area contributed by atoms with Gasteiger partial charge in [0.2, 0.25) is 5.91 Å². The summed E-state index contributed by atoms with van der Waals surface area (Å²) in [5.74, 6) is 0.600. The highest BCUT2D eigenvalue weighted by atomic mass is 32.1. The van der Waals surface area contributed by atoms with Crippen molar-refractivity contribution in [2.45, 2.75) is 32.4 Å². The van der Waals surface area contributed by atoms with E-state index in [-0.39, 0.29) is 5.92 Å². The van der Waals surface area contributed by atoms with Gasteiger partial charge in [-0.15, -0.1) is 11.3 Å². The molecule has 2 aromatic rings. The van der Waals surface area contributed by atoms with E-state index in [4.69, 9.17) is 0 Å². The van der Waals surface area contributed by atoms with Gasteiger partial charge in [0.1, 0.15) is 0 Å². The average molecular weight is 340 g/mol. The number of thiophene rings is 1. The van der Waals surface area contributed by atoms with Crippen LogP contribution in [-0.2, 0) is 24.3 Å². The van der Waals surface area contributed by atoms with E-state index in [2.05, 4.69) is 51.6 Å². The van der Waals surface area contributed by atoms with Gasteiger partial charge in [0.25, 0.3) is 0 Å². The minimum absolute atomic E-state index is 0.220. The third-order valence-corrected chi connectivity index (χ3v) is 6.33. The maximum absolute atomic E-state index is 12.9. The lowest BCUT2D eigenvalue weighted by Crippen LogP contribution is -2.43. The first kappa shape index (κ1) is 15.9. The van der Waals surface area contributed by atoms with E-state index < -0.39 is 0 Å². The molecule has 1 aromatic heterocycles. The molecule has 0 spiro atoms. The molecule has 0 unspecified atom stereocenters. The van der Waals surface area contributed by atoms with Crippen LogP contribution in [0.3, 0.4) is 0 Å². The van der Waals surface area contributed by atoms with Crippen LogP contribution in [0, 0.1) is 5.92 Å². The van der Waals surface area contributed by atoms with Crippen molar-refractivity contribution in [1.29, 1.82) is 0 Å². The number of piperidine rings is 1. The summed E-state index contributed by atoms with van der Waals surface area (Å²) in [4.78, 5) is 18.9. The van der Waals surface area contributed by atoms with Crippen molar-refractivity contribution >= 4 is 17.2 Å². The number of carbonyl (C=O) groups is 1. The van der Waals surface area contributed by atoms with Crippen molar-refractivity contribution in [1.82, 2.24) is 9.80 Å². The zero-order valence-corrected chi connectivity index (χ0v) is 14.8. The topological polar surface area (TPSA) is 23.6 Å². The summed E-state index contributed by atoms with van der Waals surface area (Å²) in [6.07, 6.45) is 3.03. The van der Waals surface area contributed by atoms with Gasteiger partial charge >= 0.3 is 0 Å². The monoisotopic (exact) mass is 340 g/mol. The fraction of sp³-hybridized carbons (Fsp3) is 0.450. The van der Waals surface area contributed by atoms with Gasteiger partial charge < -0.3 is 4.90 Å². The van der Waals surface area contributed by atoms with Crippen molar-refractivity contribution in [3.8, 4) is 0 Å². The number of carbonyl (C=O) groups excluding carboxylic acids is 1. The smallest absolute Gasteiger partial charge is 0.226 e. The Balaban J connectivity index is 1.30. The summed E-state index contributed by atoms with van der Waals surface area (Å²) in [7, 11) is 0. The molecular formula is C20H24N2OS. The number of rotatable bonds is 3. The summed E-state index contributed by atoms with van der Waals surface area (Å²) >= 11 is 1.83. The minimum Gasteiger partial charge on any atom is -0.338 e. The maximum atomic E-state index is 12.9. The van der Waals surface area contributed by atoms with Crippen molar-refractivity contribution in [2.24, 2.45) is 5.92 Å². The van der Waals surface area contributed by atoms with Crippen molar-refractivity contribution in [3.05, 3.63) is 57.8 Å². The normalized spacial score (nSPS) is 19.2. The van der Waals surface area contributed by atoms with Crippen LogP contribution in [-0.4, -0.2) is 35.3 Å². The molecule has 1 aromatic carbocycles. The fourth-order valence-electron chi connectivity index (χ4n) is 3.87.